The number of alkyl halides is 1. The second kappa shape index (κ2) is 17.6. The Balaban J connectivity index is 2.30. The van der Waals surface area contributed by atoms with Gasteiger partial charge >= 0.3 is 5.97 Å². The Hall–Kier alpha value is -1.29. The van der Waals surface area contributed by atoms with Crippen LogP contribution in [0.2, 0.25) is 0 Å². The summed E-state index contributed by atoms with van der Waals surface area (Å²) in [7, 11) is 3.04. The van der Waals surface area contributed by atoms with Crippen molar-refractivity contribution in [3.63, 3.8) is 0 Å². The normalized spacial score (nSPS) is 37.2. The summed E-state index contributed by atoms with van der Waals surface area (Å²) in [6, 6.07) is 0. The van der Waals surface area contributed by atoms with Crippen molar-refractivity contribution in [1.82, 2.24) is 0 Å². The molecule has 10 atom stereocenters. The number of carbonyl (C=O) groups excluding carboxylic acids is 2. The first-order chi connectivity index (χ1) is 19.0. The number of aliphatic hydroxyl groups excluding tert-OH is 1. The van der Waals surface area contributed by atoms with Crippen molar-refractivity contribution in [2.24, 2.45) is 23.7 Å². The third-order valence-corrected chi connectivity index (χ3v) is 8.39. The Bertz CT molecular complexity index is 845. The predicted octanol–water partition coefficient (Wildman–Crippen LogP) is 5.24. The SMILES string of the molecule is CCC1OC(=O)CCC(C)CC(CCCl)CC(C)C(=O)C=CC(C)=CC1COC1OC(C)C(O)C(OC)C1OC. The summed E-state index contributed by atoms with van der Waals surface area (Å²) >= 11 is 6.06. The number of allylic oxidation sites excluding steroid dienone is 3. The molecule has 0 aromatic rings. The van der Waals surface area contributed by atoms with Crippen LogP contribution in [0.25, 0.3) is 0 Å². The van der Waals surface area contributed by atoms with Gasteiger partial charge < -0.3 is 28.8 Å². The van der Waals surface area contributed by atoms with Crippen LogP contribution < -0.4 is 0 Å². The number of esters is 1. The Labute approximate surface area is 245 Å². The minimum Gasteiger partial charge on any atom is -0.462 e. The zero-order valence-corrected chi connectivity index (χ0v) is 26.1. The summed E-state index contributed by atoms with van der Waals surface area (Å²) < 4.78 is 29.2. The van der Waals surface area contributed by atoms with Gasteiger partial charge in [0.2, 0.25) is 0 Å². The van der Waals surface area contributed by atoms with Crippen LogP contribution in [0.1, 0.15) is 73.1 Å². The van der Waals surface area contributed by atoms with Gasteiger partial charge in [-0.25, -0.2) is 0 Å². The van der Waals surface area contributed by atoms with Crippen LogP contribution in [0, 0.1) is 23.7 Å². The highest BCUT2D eigenvalue weighted by molar-refractivity contribution is 6.17. The van der Waals surface area contributed by atoms with Crippen LogP contribution in [0.15, 0.2) is 23.8 Å². The van der Waals surface area contributed by atoms with Crippen molar-refractivity contribution in [3.05, 3.63) is 23.8 Å². The maximum Gasteiger partial charge on any atom is 0.306 e. The lowest BCUT2D eigenvalue weighted by molar-refractivity contribution is -0.304. The average Bonchev–Trinajstić information content (AvgIpc) is 2.92. The molecule has 0 radical (unpaired) electrons. The van der Waals surface area contributed by atoms with Crippen LogP contribution in [0.5, 0.6) is 0 Å². The Kier molecular flexibility index (Phi) is 15.4. The molecule has 1 saturated heterocycles. The molecule has 1 N–H and O–H groups in total. The lowest BCUT2D eigenvalue weighted by Gasteiger charge is -2.42. The van der Waals surface area contributed by atoms with Gasteiger partial charge in [-0.05, 0) is 63.9 Å². The highest BCUT2D eigenvalue weighted by atomic mass is 35.5. The topological polar surface area (TPSA) is 101 Å². The zero-order chi connectivity index (χ0) is 29.8. The smallest absolute Gasteiger partial charge is 0.306 e. The number of ketones is 1. The van der Waals surface area contributed by atoms with Crippen molar-refractivity contribution in [1.29, 1.82) is 0 Å². The van der Waals surface area contributed by atoms with E-state index in [1.54, 1.807) is 13.0 Å². The number of rotatable bonds is 8. The molecule has 2 heterocycles. The summed E-state index contributed by atoms with van der Waals surface area (Å²) in [4.78, 5) is 25.9. The lowest BCUT2D eigenvalue weighted by Crippen LogP contribution is -2.59. The molecule has 9 heteroatoms. The molecular formula is C31H51ClO8. The van der Waals surface area contributed by atoms with E-state index in [-0.39, 0.29) is 30.2 Å². The van der Waals surface area contributed by atoms with E-state index in [2.05, 4.69) is 6.92 Å². The molecule has 10 unspecified atom stereocenters. The van der Waals surface area contributed by atoms with E-state index < -0.39 is 36.8 Å². The van der Waals surface area contributed by atoms with Crippen molar-refractivity contribution < 1.29 is 38.4 Å². The maximum absolute atomic E-state index is 12.9. The average molecular weight is 587 g/mol. The minimum absolute atomic E-state index is 0.0926. The highest BCUT2D eigenvalue weighted by Crippen LogP contribution is 2.29. The van der Waals surface area contributed by atoms with Crippen LogP contribution in [0.3, 0.4) is 0 Å². The number of carbonyl (C=O) groups is 2. The second-order valence-corrected chi connectivity index (χ2v) is 11.9. The highest BCUT2D eigenvalue weighted by Gasteiger charge is 2.45. The van der Waals surface area contributed by atoms with E-state index in [1.807, 2.05) is 32.9 Å². The van der Waals surface area contributed by atoms with Crippen molar-refractivity contribution in [2.75, 3.05) is 26.7 Å². The van der Waals surface area contributed by atoms with E-state index in [4.69, 9.17) is 35.3 Å². The van der Waals surface area contributed by atoms with Gasteiger partial charge in [0.1, 0.15) is 24.4 Å². The van der Waals surface area contributed by atoms with Gasteiger partial charge in [-0.15, -0.1) is 11.6 Å². The van der Waals surface area contributed by atoms with E-state index in [0.29, 0.717) is 30.6 Å². The van der Waals surface area contributed by atoms with E-state index in [1.165, 1.54) is 14.2 Å². The van der Waals surface area contributed by atoms with Gasteiger partial charge in [0.05, 0.1) is 12.7 Å². The largest absolute Gasteiger partial charge is 0.462 e. The molecule has 8 nitrogen and oxygen atoms in total. The quantitative estimate of drug-likeness (QED) is 0.304. The lowest BCUT2D eigenvalue weighted by atomic mass is 9.83. The molecular weight excluding hydrogens is 536 g/mol. The molecule has 1 fully saturated rings. The molecule has 0 aliphatic carbocycles. The molecule has 0 spiro atoms. The molecule has 40 heavy (non-hydrogen) atoms. The monoisotopic (exact) mass is 586 g/mol. The zero-order valence-electron chi connectivity index (χ0n) is 25.3. The van der Waals surface area contributed by atoms with Gasteiger partial charge in [-0.3, -0.25) is 9.59 Å². The third kappa shape index (κ3) is 10.5. The molecule has 0 aromatic carbocycles. The number of cyclic esters (lactones) is 1. The van der Waals surface area contributed by atoms with E-state index in [9.17, 15) is 14.7 Å². The van der Waals surface area contributed by atoms with Crippen LogP contribution >= 0.6 is 11.6 Å². The summed E-state index contributed by atoms with van der Waals surface area (Å²) in [6.45, 7) is 9.96. The van der Waals surface area contributed by atoms with Crippen molar-refractivity contribution in [3.8, 4) is 0 Å². The fourth-order valence-electron chi connectivity index (χ4n) is 5.73. The first-order valence-corrected chi connectivity index (χ1v) is 15.2. The fraction of sp³-hybridized carbons (Fsp3) is 0.806. The van der Waals surface area contributed by atoms with Gasteiger partial charge in [0.15, 0.2) is 12.1 Å². The number of methoxy groups -OCH3 is 2. The number of ether oxygens (including phenoxy) is 5. The van der Waals surface area contributed by atoms with Crippen LogP contribution in [0.4, 0.5) is 0 Å². The maximum atomic E-state index is 12.9. The van der Waals surface area contributed by atoms with Gasteiger partial charge in [0, 0.05) is 38.4 Å². The second-order valence-electron chi connectivity index (χ2n) is 11.5. The van der Waals surface area contributed by atoms with Crippen LogP contribution in [-0.2, 0) is 33.3 Å². The molecule has 0 bridgehead atoms. The first kappa shape index (κ1) is 34.9. The Morgan fingerprint density at radius 3 is 2.40 bits per heavy atom. The molecule has 230 valence electrons. The number of hydrogen-bond donors (Lipinski definition) is 1. The fourth-order valence-corrected chi connectivity index (χ4v) is 6.04. The Morgan fingerprint density at radius 1 is 1.07 bits per heavy atom. The number of aliphatic hydroxyl groups is 1. The summed E-state index contributed by atoms with van der Waals surface area (Å²) in [5.74, 6) is 0.671. The van der Waals surface area contributed by atoms with E-state index in [0.717, 1.165) is 31.3 Å². The summed E-state index contributed by atoms with van der Waals surface area (Å²) in [6.07, 6.45) is 5.80. The van der Waals surface area contributed by atoms with Gasteiger partial charge in [-0.2, -0.15) is 0 Å². The minimum atomic E-state index is -0.860. The van der Waals surface area contributed by atoms with Gasteiger partial charge in [-0.1, -0.05) is 38.5 Å². The number of halogens is 1. The molecule has 2 aliphatic rings. The van der Waals surface area contributed by atoms with Crippen molar-refractivity contribution in [2.45, 2.75) is 110 Å². The number of hydrogen-bond acceptors (Lipinski definition) is 8. The van der Waals surface area contributed by atoms with Gasteiger partial charge in [0.25, 0.3) is 0 Å². The summed E-state index contributed by atoms with van der Waals surface area (Å²) in [5.41, 5.74) is 0.869. The van der Waals surface area contributed by atoms with Crippen LogP contribution in [-0.4, -0.2) is 80.4 Å². The first-order valence-electron chi connectivity index (χ1n) is 14.7. The summed E-state index contributed by atoms with van der Waals surface area (Å²) in [5, 5.41) is 10.5. The molecule has 0 saturated carbocycles. The molecule has 2 rings (SSSR count). The molecule has 2 aliphatic heterocycles. The van der Waals surface area contributed by atoms with Crippen molar-refractivity contribution >= 4 is 23.4 Å². The standard InChI is InChI=1S/C31H51ClO8/c1-8-26-24(18-38-31-30(37-7)29(36-6)28(35)22(5)39-31)16-20(3)9-11-25(33)21(4)17-23(13-14-32)15-19(2)10-12-27(34)40-26/h9,11,16,19,21-24,26,28-31,35H,8,10,12-15,17-18H2,1-7H3. The predicted molar refractivity (Wildman–Crippen MR) is 155 cm³/mol. The Morgan fingerprint density at radius 2 is 1.77 bits per heavy atom. The van der Waals surface area contributed by atoms with E-state index >= 15 is 0 Å². The molecule has 0 aromatic heterocycles. The molecule has 0 amide bonds. The third-order valence-electron chi connectivity index (χ3n) is 8.17.